The Morgan fingerprint density at radius 3 is 2.10 bits per heavy atom. The maximum Gasteiger partial charge on any atom is 0.258 e. The van der Waals surface area contributed by atoms with E-state index >= 15 is 0 Å². The normalized spacial score (nSPS) is 10.3. The zero-order chi connectivity index (χ0) is 21.2. The van der Waals surface area contributed by atoms with Crippen LogP contribution < -0.4 is 20.1 Å². The van der Waals surface area contributed by atoms with Gasteiger partial charge in [0.1, 0.15) is 11.5 Å². The maximum atomic E-state index is 12.0. The number of rotatable bonds is 10. The van der Waals surface area contributed by atoms with Crippen molar-refractivity contribution in [3.05, 3.63) is 58.7 Å². The second kappa shape index (κ2) is 11.1. The summed E-state index contributed by atoms with van der Waals surface area (Å²) < 4.78 is 11.1. The smallest absolute Gasteiger partial charge is 0.258 e. The van der Waals surface area contributed by atoms with Gasteiger partial charge < -0.3 is 20.1 Å². The number of aryl methyl sites for hydroxylation is 2. The molecule has 0 bridgehead atoms. The number of nitrogens with one attached hydrogen (secondary N) is 2. The van der Waals surface area contributed by atoms with E-state index in [4.69, 9.17) is 9.47 Å². The van der Waals surface area contributed by atoms with Crippen LogP contribution in [-0.2, 0) is 16.0 Å². The first-order valence-electron chi connectivity index (χ1n) is 9.85. The lowest BCUT2D eigenvalue weighted by Gasteiger charge is -2.14. The van der Waals surface area contributed by atoms with Crippen LogP contribution in [0.25, 0.3) is 0 Å². The molecule has 156 valence electrons. The molecule has 2 amide bonds. The minimum atomic E-state index is -0.217. The molecule has 0 saturated carbocycles. The van der Waals surface area contributed by atoms with E-state index < -0.39 is 0 Å². The number of benzene rings is 2. The predicted molar refractivity (Wildman–Crippen MR) is 113 cm³/mol. The van der Waals surface area contributed by atoms with Crippen LogP contribution in [0.15, 0.2) is 36.4 Å². The lowest BCUT2D eigenvalue weighted by molar-refractivity contribution is -0.124. The molecule has 2 aromatic rings. The van der Waals surface area contributed by atoms with Gasteiger partial charge in [-0.15, -0.1) is 0 Å². The van der Waals surface area contributed by atoms with E-state index in [2.05, 4.69) is 10.6 Å². The van der Waals surface area contributed by atoms with Gasteiger partial charge in [-0.05, 0) is 62.1 Å². The van der Waals surface area contributed by atoms with E-state index in [1.54, 1.807) is 0 Å². The van der Waals surface area contributed by atoms with Gasteiger partial charge in [-0.3, -0.25) is 9.59 Å². The molecule has 0 spiro atoms. The summed E-state index contributed by atoms with van der Waals surface area (Å²) in [7, 11) is 0. The number of ether oxygens (including phenoxy) is 2. The lowest BCUT2D eigenvalue weighted by Crippen LogP contribution is -2.37. The van der Waals surface area contributed by atoms with Crippen molar-refractivity contribution in [2.45, 2.75) is 34.1 Å². The highest BCUT2D eigenvalue weighted by atomic mass is 16.5. The standard InChI is InChI=1S/C23H30N2O4/c1-5-28-20-10-8-19(9-11-20)14-21(26)24-12-13-25-22(27)15-29-23-17(3)7-6-16(2)18(23)4/h6-11H,5,12-15H2,1-4H3,(H,24,26)(H,25,27). The van der Waals surface area contributed by atoms with Crippen molar-refractivity contribution >= 4 is 11.8 Å². The molecule has 6 heteroatoms. The topological polar surface area (TPSA) is 76.7 Å². The summed E-state index contributed by atoms with van der Waals surface area (Å²) in [6.07, 6.45) is 0.287. The first kappa shape index (κ1) is 22.3. The SMILES string of the molecule is CCOc1ccc(CC(=O)NCCNC(=O)COc2c(C)ccc(C)c2C)cc1. The van der Waals surface area contributed by atoms with Crippen molar-refractivity contribution in [1.82, 2.24) is 10.6 Å². The molecular weight excluding hydrogens is 368 g/mol. The Labute approximate surface area is 172 Å². The number of carbonyl (C=O) groups is 2. The van der Waals surface area contributed by atoms with Crippen LogP contribution in [-0.4, -0.2) is 38.1 Å². The number of hydrogen-bond acceptors (Lipinski definition) is 4. The number of amides is 2. The Bertz CT molecular complexity index is 832. The number of hydrogen-bond donors (Lipinski definition) is 2. The molecule has 2 N–H and O–H groups in total. The second-order valence-electron chi connectivity index (χ2n) is 6.90. The summed E-state index contributed by atoms with van der Waals surface area (Å²) in [6.45, 7) is 9.16. The van der Waals surface area contributed by atoms with E-state index in [0.717, 1.165) is 33.8 Å². The average molecular weight is 399 g/mol. The highest BCUT2D eigenvalue weighted by Crippen LogP contribution is 2.25. The Morgan fingerprint density at radius 2 is 1.45 bits per heavy atom. The first-order valence-corrected chi connectivity index (χ1v) is 9.85. The van der Waals surface area contributed by atoms with Gasteiger partial charge in [0.2, 0.25) is 5.91 Å². The molecule has 0 unspecified atom stereocenters. The summed E-state index contributed by atoms with van der Waals surface area (Å²) in [4.78, 5) is 24.0. The van der Waals surface area contributed by atoms with E-state index in [9.17, 15) is 9.59 Å². The molecule has 0 saturated heterocycles. The van der Waals surface area contributed by atoms with Crippen LogP contribution in [0.4, 0.5) is 0 Å². The van der Waals surface area contributed by atoms with Crippen LogP contribution in [0.2, 0.25) is 0 Å². The van der Waals surface area contributed by atoms with Gasteiger partial charge in [0.25, 0.3) is 5.91 Å². The minimum absolute atomic E-state index is 0.0503. The monoisotopic (exact) mass is 398 g/mol. The van der Waals surface area contributed by atoms with Crippen molar-refractivity contribution in [3.8, 4) is 11.5 Å². The molecule has 0 aliphatic carbocycles. The van der Waals surface area contributed by atoms with Gasteiger partial charge in [0.15, 0.2) is 6.61 Å². The molecule has 0 atom stereocenters. The van der Waals surface area contributed by atoms with Gasteiger partial charge in [-0.2, -0.15) is 0 Å². The highest BCUT2D eigenvalue weighted by Gasteiger charge is 2.09. The van der Waals surface area contributed by atoms with Crippen molar-refractivity contribution in [1.29, 1.82) is 0 Å². The van der Waals surface area contributed by atoms with E-state index in [-0.39, 0.29) is 24.8 Å². The molecule has 0 aliphatic heterocycles. The molecule has 0 radical (unpaired) electrons. The Kier molecular flexibility index (Phi) is 8.52. The first-order chi connectivity index (χ1) is 13.9. The zero-order valence-electron chi connectivity index (χ0n) is 17.6. The van der Waals surface area contributed by atoms with Gasteiger partial charge in [-0.25, -0.2) is 0 Å². The molecule has 0 fully saturated rings. The fourth-order valence-electron chi connectivity index (χ4n) is 2.86. The number of carbonyl (C=O) groups excluding carboxylic acids is 2. The fourth-order valence-corrected chi connectivity index (χ4v) is 2.86. The minimum Gasteiger partial charge on any atom is -0.494 e. The van der Waals surface area contributed by atoms with Gasteiger partial charge in [-0.1, -0.05) is 24.3 Å². The maximum absolute atomic E-state index is 12.0. The van der Waals surface area contributed by atoms with Crippen molar-refractivity contribution < 1.29 is 19.1 Å². The van der Waals surface area contributed by atoms with Gasteiger partial charge in [0.05, 0.1) is 13.0 Å². The van der Waals surface area contributed by atoms with Crippen LogP contribution in [0.5, 0.6) is 11.5 Å². The van der Waals surface area contributed by atoms with E-state index in [0.29, 0.717) is 19.7 Å². The zero-order valence-corrected chi connectivity index (χ0v) is 17.6. The molecule has 2 rings (SSSR count). The molecular formula is C23H30N2O4. The summed E-state index contributed by atoms with van der Waals surface area (Å²) in [5.74, 6) is 1.23. The molecule has 0 heterocycles. The molecule has 0 aromatic heterocycles. The van der Waals surface area contributed by atoms with Crippen molar-refractivity contribution in [3.63, 3.8) is 0 Å². The predicted octanol–water partition coefficient (Wildman–Crippen LogP) is 2.86. The van der Waals surface area contributed by atoms with Crippen molar-refractivity contribution in [2.75, 3.05) is 26.3 Å². The average Bonchev–Trinajstić information content (AvgIpc) is 2.70. The van der Waals surface area contributed by atoms with E-state index in [1.807, 2.05) is 64.1 Å². The Balaban J connectivity index is 1.66. The van der Waals surface area contributed by atoms with Gasteiger partial charge in [0, 0.05) is 13.1 Å². The third-order valence-electron chi connectivity index (χ3n) is 4.59. The molecule has 0 aliphatic rings. The van der Waals surface area contributed by atoms with Crippen molar-refractivity contribution in [2.24, 2.45) is 0 Å². The second-order valence-corrected chi connectivity index (χ2v) is 6.90. The molecule has 2 aromatic carbocycles. The quantitative estimate of drug-likeness (QED) is 0.604. The highest BCUT2D eigenvalue weighted by molar-refractivity contribution is 5.79. The summed E-state index contributed by atoms with van der Waals surface area (Å²) in [5.41, 5.74) is 4.08. The lowest BCUT2D eigenvalue weighted by atomic mass is 10.1. The molecule has 29 heavy (non-hydrogen) atoms. The summed E-state index contributed by atoms with van der Waals surface area (Å²) >= 11 is 0. The summed E-state index contributed by atoms with van der Waals surface area (Å²) in [5, 5.41) is 5.55. The fraction of sp³-hybridized carbons (Fsp3) is 0.391. The Hall–Kier alpha value is -3.02. The van der Waals surface area contributed by atoms with Crippen LogP contribution in [0.3, 0.4) is 0 Å². The van der Waals surface area contributed by atoms with E-state index in [1.165, 1.54) is 0 Å². The van der Waals surface area contributed by atoms with Crippen LogP contribution in [0.1, 0.15) is 29.2 Å². The third-order valence-corrected chi connectivity index (χ3v) is 4.59. The van der Waals surface area contributed by atoms with Crippen LogP contribution in [0, 0.1) is 20.8 Å². The van der Waals surface area contributed by atoms with Gasteiger partial charge >= 0.3 is 0 Å². The van der Waals surface area contributed by atoms with Crippen LogP contribution >= 0.6 is 0 Å². The Morgan fingerprint density at radius 1 is 0.828 bits per heavy atom. The summed E-state index contributed by atoms with van der Waals surface area (Å²) in [6, 6.07) is 11.5. The largest absolute Gasteiger partial charge is 0.494 e. The molecule has 6 nitrogen and oxygen atoms in total. The third kappa shape index (κ3) is 7.14.